The average Bonchev–Trinajstić information content (AvgIpc) is 2.35. The Hall–Kier alpha value is -1.06. The van der Waals surface area contributed by atoms with Crippen molar-refractivity contribution < 1.29 is 19.1 Å². The van der Waals surface area contributed by atoms with Crippen molar-refractivity contribution in [1.29, 1.82) is 0 Å². The van der Waals surface area contributed by atoms with Gasteiger partial charge in [0.25, 0.3) is 0 Å². The molecular formula is C16H24O4. The summed E-state index contributed by atoms with van der Waals surface area (Å²) in [7, 11) is 0. The lowest BCUT2D eigenvalue weighted by molar-refractivity contribution is -0.161. The first-order valence-electron chi connectivity index (χ1n) is 7.90. The Morgan fingerprint density at radius 2 is 1.45 bits per heavy atom. The molecule has 4 aliphatic rings. The second kappa shape index (κ2) is 5.38. The molecule has 0 heterocycles. The zero-order valence-corrected chi connectivity index (χ0v) is 12.2. The van der Waals surface area contributed by atoms with E-state index in [0.29, 0.717) is 13.2 Å². The van der Waals surface area contributed by atoms with Crippen LogP contribution in [0.5, 0.6) is 0 Å². The van der Waals surface area contributed by atoms with Crippen LogP contribution in [0, 0.1) is 23.2 Å². The molecule has 4 fully saturated rings. The SMILES string of the molecule is CCOC(=O)CC(=O)OCC12CC3CC(CC(C3)C1)C2. The highest BCUT2D eigenvalue weighted by Crippen LogP contribution is 2.60. The van der Waals surface area contributed by atoms with E-state index >= 15 is 0 Å². The van der Waals surface area contributed by atoms with Crippen molar-refractivity contribution in [2.45, 2.75) is 51.9 Å². The molecular weight excluding hydrogens is 256 g/mol. The smallest absolute Gasteiger partial charge is 0.317 e. The number of hydrogen-bond donors (Lipinski definition) is 0. The quantitative estimate of drug-likeness (QED) is 0.574. The summed E-state index contributed by atoms with van der Waals surface area (Å²) in [6.07, 6.45) is 7.55. The van der Waals surface area contributed by atoms with Crippen molar-refractivity contribution in [2.24, 2.45) is 23.2 Å². The molecule has 0 spiro atoms. The molecule has 20 heavy (non-hydrogen) atoms. The van der Waals surface area contributed by atoms with Crippen molar-refractivity contribution in [3.8, 4) is 0 Å². The lowest BCUT2D eigenvalue weighted by Crippen LogP contribution is -2.48. The maximum absolute atomic E-state index is 11.7. The normalized spacial score (nSPS) is 37.8. The molecule has 4 rings (SSSR count). The minimum atomic E-state index is -0.483. The number of esters is 2. The predicted molar refractivity (Wildman–Crippen MR) is 72.8 cm³/mol. The lowest BCUT2D eigenvalue weighted by atomic mass is 9.50. The predicted octanol–water partition coefficient (Wildman–Crippen LogP) is 2.70. The topological polar surface area (TPSA) is 52.6 Å². The van der Waals surface area contributed by atoms with Crippen LogP contribution in [0.4, 0.5) is 0 Å². The maximum atomic E-state index is 11.7. The van der Waals surface area contributed by atoms with E-state index in [4.69, 9.17) is 9.47 Å². The lowest BCUT2D eigenvalue weighted by Gasteiger charge is -2.56. The summed E-state index contributed by atoms with van der Waals surface area (Å²) in [4.78, 5) is 23.0. The fraction of sp³-hybridized carbons (Fsp3) is 0.875. The molecule has 4 heteroatoms. The summed E-state index contributed by atoms with van der Waals surface area (Å²) in [5, 5.41) is 0. The Kier molecular flexibility index (Phi) is 3.74. The molecule has 4 aliphatic carbocycles. The molecule has 112 valence electrons. The third-order valence-electron chi connectivity index (χ3n) is 5.30. The third kappa shape index (κ3) is 2.84. The van der Waals surface area contributed by atoms with E-state index in [1.54, 1.807) is 6.92 Å². The average molecular weight is 280 g/mol. The van der Waals surface area contributed by atoms with Gasteiger partial charge >= 0.3 is 11.9 Å². The highest BCUT2D eigenvalue weighted by molar-refractivity contribution is 5.91. The highest BCUT2D eigenvalue weighted by atomic mass is 16.6. The Morgan fingerprint density at radius 1 is 0.950 bits per heavy atom. The van der Waals surface area contributed by atoms with Gasteiger partial charge in [0.1, 0.15) is 6.42 Å². The van der Waals surface area contributed by atoms with Gasteiger partial charge in [-0.15, -0.1) is 0 Å². The molecule has 0 N–H and O–H groups in total. The van der Waals surface area contributed by atoms with Crippen molar-refractivity contribution in [3.63, 3.8) is 0 Å². The largest absolute Gasteiger partial charge is 0.466 e. The van der Waals surface area contributed by atoms with Crippen molar-refractivity contribution in [3.05, 3.63) is 0 Å². The fourth-order valence-corrected chi connectivity index (χ4v) is 5.08. The maximum Gasteiger partial charge on any atom is 0.317 e. The zero-order valence-electron chi connectivity index (χ0n) is 12.2. The molecule has 0 radical (unpaired) electrons. The molecule has 4 nitrogen and oxygen atoms in total. The van der Waals surface area contributed by atoms with Gasteiger partial charge in [0, 0.05) is 5.41 Å². The monoisotopic (exact) mass is 280 g/mol. The van der Waals surface area contributed by atoms with Gasteiger partial charge in [0.15, 0.2) is 0 Å². The van der Waals surface area contributed by atoms with Crippen LogP contribution in [0.3, 0.4) is 0 Å². The Balaban J connectivity index is 1.51. The van der Waals surface area contributed by atoms with Gasteiger partial charge in [0.2, 0.25) is 0 Å². The summed E-state index contributed by atoms with van der Waals surface area (Å²) < 4.78 is 10.2. The standard InChI is InChI=1S/C16H24O4/c1-2-19-14(17)6-15(18)20-10-16-7-11-3-12(8-16)5-13(4-11)9-16/h11-13H,2-10H2,1H3. The molecule has 0 aromatic heterocycles. The van der Waals surface area contributed by atoms with Crippen molar-refractivity contribution in [2.75, 3.05) is 13.2 Å². The fourth-order valence-electron chi connectivity index (χ4n) is 5.08. The molecule has 0 aromatic carbocycles. The number of carbonyl (C=O) groups is 2. The van der Waals surface area contributed by atoms with Crippen LogP contribution in [0.15, 0.2) is 0 Å². The van der Waals surface area contributed by atoms with Gasteiger partial charge in [-0.2, -0.15) is 0 Å². The van der Waals surface area contributed by atoms with Crippen molar-refractivity contribution >= 4 is 11.9 Å². The zero-order chi connectivity index (χ0) is 14.2. The Bertz CT molecular complexity index is 366. The van der Waals surface area contributed by atoms with Crippen LogP contribution in [0.1, 0.15) is 51.9 Å². The van der Waals surface area contributed by atoms with Crippen LogP contribution >= 0.6 is 0 Å². The summed E-state index contributed by atoms with van der Waals surface area (Å²) in [5.74, 6) is 1.64. The van der Waals surface area contributed by atoms with E-state index in [1.807, 2.05) is 0 Å². The number of carbonyl (C=O) groups excluding carboxylic acids is 2. The van der Waals surface area contributed by atoms with Gasteiger partial charge in [0.05, 0.1) is 13.2 Å². The van der Waals surface area contributed by atoms with E-state index < -0.39 is 11.9 Å². The van der Waals surface area contributed by atoms with Gasteiger partial charge in [-0.3, -0.25) is 9.59 Å². The first kappa shape index (κ1) is 13.9. The third-order valence-corrected chi connectivity index (χ3v) is 5.30. The Labute approximate surface area is 120 Å². The molecule has 4 bridgehead atoms. The highest BCUT2D eigenvalue weighted by Gasteiger charge is 2.51. The summed E-state index contributed by atoms with van der Waals surface area (Å²) in [5.41, 5.74) is 0.221. The molecule has 0 amide bonds. The summed E-state index contributed by atoms with van der Waals surface area (Å²) in [6.45, 7) is 2.55. The van der Waals surface area contributed by atoms with Crippen LogP contribution < -0.4 is 0 Å². The Morgan fingerprint density at radius 3 is 1.95 bits per heavy atom. The minimum absolute atomic E-state index is 0.221. The molecule has 0 aliphatic heterocycles. The first-order valence-corrected chi connectivity index (χ1v) is 7.90. The van der Waals surface area contributed by atoms with Gasteiger partial charge < -0.3 is 9.47 Å². The second-order valence-corrected chi connectivity index (χ2v) is 7.06. The number of rotatable bonds is 5. The van der Waals surface area contributed by atoms with E-state index in [0.717, 1.165) is 17.8 Å². The summed E-state index contributed by atoms with van der Waals surface area (Å²) in [6, 6.07) is 0. The molecule has 0 unspecified atom stereocenters. The second-order valence-electron chi connectivity index (χ2n) is 7.06. The number of hydrogen-bond acceptors (Lipinski definition) is 4. The summed E-state index contributed by atoms with van der Waals surface area (Å²) >= 11 is 0. The van der Waals surface area contributed by atoms with Crippen molar-refractivity contribution in [1.82, 2.24) is 0 Å². The number of ether oxygens (including phenoxy) is 2. The van der Waals surface area contributed by atoms with Crippen LogP contribution in [-0.2, 0) is 19.1 Å². The van der Waals surface area contributed by atoms with Gasteiger partial charge in [-0.25, -0.2) is 0 Å². The minimum Gasteiger partial charge on any atom is -0.466 e. The molecule has 0 atom stereocenters. The van der Waals surface area contributed by atoms with Crippen LogP contribution in [0.2, 0.25) is 0 Å². The molecule has 0 aromatic rings. The van der Waals surface area contributed by atoms with E-state index in [2.05, 4.69) is 0 Å². The molecule has 4 saturated carbocycles. The van der Waals surface area contributed by atoms with Crippen LogP contribution in [0.25, 0.3) is 0 Å². The van der Waals surface area contributed by atoms with E-state index in [-0.39, 0.29) is 11.8 Å². The van der Waals surface area contributed by atoms with Gasteiger partial charge in [-0.1, -0.05) is 0 Å². The van der Waals surface area contributed by atoms with E-state index in [9.17, 15) is 9.59 Å². The first-order chi connectivity index (χ1) is 9.58. The van der Waals surface area contributed by atoms with Crippen LogP contribution in [-0.4, -0.2) is 25.2 Å². The van der Waals surface area contributed by atoms with Gasteiger partial charge in [-0.05, 0) is 63.2 Å². The molecule has 0 saturated heterocycles. The van der Waals surface area contributed by atoms with E-state index in [1.165, 1.54) is 38.5 Å².